The van der Waals surface area contributed by atoms with Gasteiger partial charge in [0, 0.05) is 44.5 Å². The van der Waals surface area contributed by atoms with Crippen molar-refractivity contribution in [2.24, 2.45) is 5.92 Å². The van der Waals surface area contributed by atoms with Gasteiger partial charge in [0.05, 0.1) is 18.1 Å². The molecule has 5 rings (SSSR count). The zero-order valence-electron chi connectivity index (χ0n) is 29.0. The van der Waals surface area contributed by atoms with Crippen molar-refractivity contribution >= 4 is 58.3 Å². The molecule has 12 nitrogen and oxygen atoms in total. The van der Waals surface area contributed by atoms with E-state index in [0.717, 1.165) is 40.9 Å². The summed E-state index contributed by atoms with van der Waals surface area (Å²) < 4.78 is 72.5. The molecule has 1 saturated heterocycles. The number of rotatable bonds is 4. The van der Waals surface area contributed by atoms with E-state index in [9.17, 15) is 45.5 Å². The average Bonchev–Trinajstić information content (AvgIpc) is 3.07. The first-order valence-corrected chi connectivity index (χ1v) is 16.6. The molecule has 19 heteroatoms. The van der Waals surface area contributed by atoms with E-state index in [0.29, 0.717) is 49.3 Å². The minimum absolute atomic E-state index is 0.0937. The number of ketones is 2. The Morgan fingerprint density at radius 2 is 1.55 bits per heavy atom. The molecule has 0 unspecified atom stereocenters. The van der Waals surface area contributed by atoms with Crippen LogP contribution in [-0.2, 0) is 38.5 Å². The van der Waals surface area contributed by atoms with Gasteiger partial charge in [0.25, 0.3) is 0 Å². The third-order valence-electron chi connectivity index (χ3n) is 7.95. The number of hydrogen-bond acceptors (Lipinski definition) is 10. The summed E-state index contributed by atoms with van der Waals surface area (Å²) in [4.78, 5) is 61.8. The Hall–Kier alpha value is -5.00. The Balaban J connectivity index is 0.000000450. The van der Waals surface area contributed by atoms with Crippen molar-refractivity contribution in [1.29, 1.82) is 0 Å². The second kappa shape index (κ2) is 16.3. The molecule has 1 aromatic carbocycles. The van der Waals surface area contributed by atoms with Crippen LogP contribution in [0.4, 0.5) is 54.3 Å². The lowest BCUT2D eigenvalue weighted by molar-refractivity contribution is -0.193. The molecular formula is C34H36ClF6N7O5. The SMILES string of the molecule is CN(Cc1ccc2cc1CCc1cncc(c1)Nc1ncc(Cl)c(n1)N2)C(=O)C1CCN(C(=O)OC(C)(C)C)CC1.O=C(C(=O)C(F)(F)F)C(F)(F)F. The molecule has 1 fully saturated rings. The number of nitrogens with zero attached hydrogens (tertiary/aromatic N) is 5. The minimum atomic E-state index is -5.77. The number of carbonyl (C=O) groups is 4. The Kier molecular flexibility index (Phi) is 12.6. The summed E-state index contributed by atoms with van der Waals surface area (Å²) in [5, 5.41) is 6.93. The summed E-state index contributed by atoms with van der Waals surface area (Å²) in [6.45, 7) is 7.08. The third kappa shape index (κ3) is 11.5. The van der Waals surface area contributed by atoms with Gasteiger partial charge in [-0.25, -0.2) is 9.78 Å². The van der Waals surface area contributed by atoms with Crippen LogP contribution in [0, 0.1) is 5.92 Å². The van der Waals surface area contributed by atoms with Crippen molar-refractivity contribution in [3.8, 4) is 0 Å². The van der Waals surface area contributed by atoms with Crippen molar-refractivity contribution < 1.29 is 50.3 Å². The predicted molar refractivity (Wildman–Crippen MR) is 181 cm³/mol. The highest BCUT2D eigenvalue weighted by Gasteiger charge is 2.54. The maximum Gasteiger partial charge on any atom is 0.458 e. The number of Topliss-reactive ketones (excluding diaryl/α,β-unsaturated/α-hetero) is 2. The number of likely N-dealkylation sites (tertiary alicyclic amines) is 1. The molecule has 3 aromatic rings. The Morgan fingerprint density at radius 1 is 0.906 bits per heavy atom. The topological polar surface area (TPSA) is 147 Å². The number of aromatic nitrogens is 3. The van der Waals surface area contributed by atoms with Crippen molar-refractivity contribution in [3.05, 3.63) is 64.6 Å². The van der Waals surface area contributed by atoms with Crippen LogP contribution in [-0.4, -0.2) is 86.4 Å². The number of alkyl halides is 6. The van der Waals surface area contributed by atoms with Crippen LogP contribution in [0.25, 0.3) is 0 Å². The first-order valence-electron chi connectivity index (χ1n) is 16.2. The number of pyridine rings is 1. The van der Waals surface area contributed by atoms with Crippen molar-refractivity contribution in [2.45, 2.75) is 71.0 Å². The number of amides is 2. The highest BCUT2D eigenvalue weighted by atomic mass is 35.5. The highest BCUT2D eigenvalue weighted by molar-refractivity contribution is 6.41. The molecule has 2 N–H and O–H groups in total. The number of aryl methyl sites for hydroxylation is 2. The average molecular weight is 772 g/mol. The van der Waals surface area contributed by atoms with Crippen LogP contribution in [0.2, 0.25) is 5.02 Å². The lowest BCUT2D eigenvalue weighted by atomic mass is 9.94. The fraction of sp³-hybridized carbons (Fsp3) is 0.441. The first-order chi connectivity index (χ1) is 24.6. The molecule has 6 bridgehead atoms. The molecule has 0 saturated carbocycles. The summed E-state index contributed by atoms with van der Waals surface area (Å²) >= 11 is 6.40. The van der Waals surface area contributed by atoms with E-state index in [1.165, 1.54) is 0 Å². The Bertz CT molecular complexity index is 1820. The van der Waals surface area contributed by atoms with Gasteiger partial charge >= 0.3 is 30.0 Å². The maximum absolute atomic E-state index is 13.4. The molecule has 4 heterocycles. The fourth-order valence-corrected chi connectivity index (χ4v) is 5.52. The number of nitrogens with one attached hydrogen (secondary N) is 2. The predicted octanol–water partition coefficient (Wildman–Crippen LogP) is 6.97. The number of hydrogen-bond donors (Lipinski definition) is 2. The highest BCUT2D eigenvalue weighted by Crippen LogP contribution is 2.29. The number of benzene rings is 1. The monoisotopic (exact) mass is 771 g/mol. The van der Waals surface area contributed by atoms with Crippen LogP contribution >= 0.6 is 11.6 Å². The van der Waals surface area contributed by atoms with Gasteiger partial charge in [-0.05, 0) is 81.3 Å². The van der Waals surface area contributed by atoms with E-state index < -0.39 is 29.5 Å². The maximum atomic E-state index is 13.4. The van der Waals surface area contributed by atoms with Crippen LogP contribution in [0.15, 0.2) is 42.9 Å². The smallest absolute Gasteiger partial charge is 0.444 e. The molecule has 0 radical (unpaired) electrons. The number of piperidine rings is 1. The molecule has 2 aromatic heterocycles. The number of carbonyl (C=O) groups excluding carboxylic acids is 4. The number of ether oxygens (including phenoxy) is 1. The number of anilines is 4. The second-order valence-corrected chi connectivity index (χ2v) is 13.7. The summed E-state index contributed by atoms with van der Waals surface area (Å²) in [6, 6.07) is 8.16. The van der Waals surface area contributed by atoms with Crippen LogP contribution in [0.5, 0.6) is 0 Å². The van der Waals surface area contributed by atoms with Gasteiger partial charge in [-0.15, -0.1) is 0 Å². The molecule has 286 valence electrons. The standard InChI is InChI=1S/C30H36ClN7O3.C4F6O2/c1-30(2,3)41-29(40)38-11-9-20(10-12-38)27(39)37(4)18-22-7-8-23-14-21(22)6-5-19-13-24(16-32-15-19)35-28-33-17-25(31)26(34-23)36-28;5-3(6,7)1(11)2(12)4(8,9)10/h7-8,13-17,20H,5-6,9-12,18H2,1-4H3,(H2,33,34,35,36);. The quantitative estimate of drug-likeness (QED) is 0.211. The van der Waals surface area contributed by atoms with Gasteiger partial charge in [-0.3, -0.25) is 19.4 Å². The lowest BCUT2D eigenvalue weighted by Gasteiger charge is -2.34. The minimum Gasteiger partial charge on any atom is -0.444 e. The van der Waals surface area contributed by atoms with Gasteiger partial charge < -0.3 is 25.2 Å². The second-order valence-electron chi connectivity index (χ2n) is 13.3. The normalized spacial score (nSPS) is 14.8. The number of fused-ring (bicyclic) bond motifs is 6. The van der Waals surface area contributed by atoms with Crippen molar-refractivity contribution in [3.63, 3.8) is 0 Å². The summed E-state index contributed by atoms with van der Waals surface area (Å²) in [5.41, 5.74) is 4.38. The molecule has 2 aliphatic rings. The summed E-state index contributed by atoms with van der Waals surface area (Å²) in [5.74, 6) is -5.93. The lowest BCUT2D eigenvalue weighted by Crippen LogP contribution is -2.45. The summed E-state index contributed by atoms with van der Waals surface area (Å²) in [6.07, 6.45) is -3.92. The Morgan fingerprint density at radius 3 is 2.15 bits per heavy atom. The van der Waals surface area contributed by atoms with E-state index in [4.69, 9.17) is 16.3 Å². The van der Waals surface area contributed by atoms with Gasteiger partial charge in [-0.1, -0.05) is 17.7 Å². The zero-order valence-corrected chi connectivity index (χ0v) is 29.7. The van der Waals surface area contributed by atoms with E-state index in [-0.39, 0.29) is 17.9 Å². The number of halogens is 7. The third-order valence-corrected chi connectivity index (χ3v) is 8.22. The fourth-order valence-electron chi connectivity index (χ4n) is 5.38. The van der Waals surface area contributed by atoms with Gasteiger partial charge in [0.1, 0.15) is 10.6 Å². The first kappa shape index (κ1) is 40.8. The van der Waals surface area contributed by atoms with E-state index in [2.05, 4.69) is 37.7 Å². The molecule has 0 aliphatic carbocycles. The van der Waals surface area contributed by atoms with Crippen molar-refractivity contribution in [1.82, 2.24) is 24.8 Å². The van der Waals surface area contributed by atoms with E-state index >= 15 is 0 Å². The van der Waals surface area contributed by atoms with Crippen LogP contribution in [0.1, 0.15) is 50.3 Å². The molecule has 0 spiro atoms. The molecule has 2 aliphatic heterocycles. The van der Waals surface area contributed by atoms with E-state index in [1.54, 1.807) is 22.2 Å². The van der Waals surface area contributed by atoms with Crippen molar-refractivity contribution in [2.75, 3.05) is 30.8 Å². The Labute approximate surface area is 305 Å². The van der Waals surface area contributed by atoms with E-state index in [1.807, 2.05) is 46.1 Å². The molecule has 53 heavy (non-hydrogen) atoms. The molecular weight excluding hydrogens is 736 g/mol. The van der Waals surface area contributed by atoms with Crippen LogP contribution in [0.3, 0.4) is 0 Å². The van der Waals surface area contributed by atoms with Gasteiger partial charge in [0.2, 0.25) is 11.9 Å². The van der Waals surface area contributed by atoms with Gasteiger partial charge in [-0.2, -0.15) is 31.3 Å². The summed E-state index contributed by atoms with van der Waals surface area (Å²) in [7, 11) is 1.85. The zero-order chi connectivity index (χ0) is 39.3. The van der Waals surface area contributed by atoms with Gasteiger partial charge in [0.15, 0.2) is 5.82 Å². The molecule has 2 amide bonds. The molecule has 0 atom stereocenters. The van der Waals surface area contributed by atoms with Crippen LogP contribution < -0.4 is 10.6 Å². The largest absolute Gasteiger partial charge is 0.458 e.